The van der Waals surface area contributed by atoms with Crippen molar-refractivity contribution in [2.75, 3.05) is 13.6 Å². The number of halogens is 2. The molecule has 0 radical (unpaired) electrons. The van der Waals surface area contributed by atoms with Gasteiger partial charge in [-0.05, 0) is 41.3 Å². The summed E-state index contributed by atoms with van der Waals surface area (Å²) in [6.07, 6.45) is 5.99. The average Bonchev–Trinajstić information content (AvgIpc) is 2.66. The van der Waals surface area contributed by atoms with Crippen molar-refractivity contribution < 1.29 is 0 Å². The van der Waals surface area contributed by atoms with Gasteiger partial charge in [-0.25, -0.2) is 4.98 Å². The summed E-state index contributed by atoms with van der Waals surface area (Å²) >= 11 is 4.63. The van der Waals surface area contributed by atoms with E-state index in [1.807, 2.05) is 12.3 Å². The molecule has 0 unspecified atom stereocenters. The summed E-state index contributed by atoms with van der Waals surface area (Å²) in [5.74, 6) is 0. The van der Waals surface area contributed by atoms with Gasteiger partial charge in [-0.15, -0.1) is 6.58 Å². The van der Waals surface area contributed by atoms with Crippen LogP contribution in [0.15, 0.2) is 31.1 Å². The summed E-state index contributed by atoms with van der Waals surface area (Å²) in [6, 6.07) is 2.23. The fourth-order valence-electron chi connectivity index (χ4n) is 1.82. The smallest absolute Gasteiger partial charge is 0.151 e. The summed E-state index contributed by atoms with van der Waals surface area (Å²) in [4.78, 5) is 6.78. The van der Waals surface area contributed by atoms with Crippen LogP contribution in [0.1, 0.15) is 5.56 Å². The molecule has 96 valence electrons. The normalized spacial score (nSPS) is 11.3. The van der Waals surface area contributed by atoms with Crippen LogP contribution in [0.3, 0.4) is 0 Å². The Morgan fingerprint density at radius 2 is 2.39 bits per heavy atom. The SMILES string of the molecule is C=CCN(C)Cc1cnc2c(c1)c(I)cn2SI. The van der Waals surface area contributed by atoms with E-state index >= 15 is 0 Å². The number of aromatic nitrogens is 2. The van der Waals surface area contributed by atoms with Gasteiger partial charge in [-0.3, -0.25) is 8.87 Å². The highest BCUT2D eigenvalue weighted by Crippen LogP contribution is 2.28. The van der Waals surface area contributed by atoms with E-state index in [1.54, 1.807) is 9.12 Å². The third-order valence-electron chi connectivity index (χ3n) is 2.59. The minimum Gasteiger partial charge on any atom is -0.298 e. The Bertz CT molecular complexity index is 568. The lowest BCUT2D eigenvalue weighted by molar-refractivity contribution is 0.363. The molecule has 2 aromatic heterocycles. The summed E-state index contributed by atoms with van der Waals surface area (Å²) in [7, 11) is 3.73. The van der Waals surface area contributed by atoms with Crippen LogP contribution in [0.25, 0.3) is 11.0 Å². The van der Waals surface area contributed by atoms with Gasteiger partial charge in [0.05, 0.1) is 0 Å². The van der Waals surface area contributed by atoms with E-state index in [9.17, 15) is 0 Å². The zero-order valence-corrected chi connectivity index (χ0v) is 15.1. The van der Waals surface area contributed by atoms with Crippen LogP contribution in [0.5, 0.6) is 0 Å². The molecule has 0 bridgehead atoms. The molecule has 2 heterocycles. The van der Waals surface area contributed by atoms with Crippen LogP contribution in [0, 0.1) is 3.57 Å². The van der Waals surface area contributed by atoms with Gasteiger partial charge in [0.2, 0.25) is 0 Å². The first-order chi connectivity index (χ1) is 8.65. The highest BCUT2D eigenvalue weighted by molar-refractivity contribution is 14.2. The number of likely N-dealkylation sites (N-methyl/N-ethyl adjacent to an activating group) is 1. The van der Waals surface area contributed by atoms with E-state index < -0.39 is 0 Å². The van der Waals surface area contributed by atoms with Gasteiger partial charge in [0.15, 0.2) is 5.65 Å². The van der Waals surface area contributed by atoms with E-state index in [4.69, 9.17) is 0 Å². The molecule has 0 spiro atoms. The van der Waals surface area contributed by atoms with Crippen LogP contribution >= 0.6 is 52.9 Å². The van der Waals surface area contributed by atoms with Gasteiger partial charge in [-0.1, -0.05) is 6.08 Å². The molecule has 0 atom stereocenters. The average molecular weight is 485 g/mol. The van der Waals surface area contributed by atoms with E-state index in [1.165, 1.54) is 14.5 Å². The fraction of sp³-hybridized carbons (Fsp3) is 0.250. The van der Waals surface area contributed by atoms with Crippen molar-refractivity contribution in [2.45, 2.75) is 6.54 Å². The minimum absolute atomic E-state index is 0.889. The number of nitrogens with zero attached hydrogens (tertiary/aromatic N) is 3. The van der Waals surface area contributed by atoms with Crippen LogP contribution in [-0.4, -0.2) is 27.4 Å². The van der Waals surface area contributed by atoms with Crippen molar-refractivity contribution in [3.8, 4) is 0 Å². The summed E-state index contributed by atoms with van der Waals surface area (Å²) in [6.45, 7) is 5.54. The predicted molar refractivity (Wildman–Crippen MR) is 96.0 cm³/mol. The second kappa shape index (κ2) is 6.58. The molecule has 0 aliphatic heterocycles. The Hall–Kier alpha value is 0.200. The van der Waals surface area contributed by atoms with Crippen molar-refractivity contribution >= 4 is 63.9 Å². The molecular formula is C12H13I2N3S. The second-order valence-corrected chi connectivity index (χ2v) is 6.95. The third kappa shape index (κ3) is 3.20. The molecule has 0 aromatic carbocycles. The van der Waals surface area contributed by atoms with Gasteiger partial charge in [-0.2, -0.15) is 0 Å². The third-order valence-corrected chi connectivity index (χ3v) is 5.15. The highest BCUT2D eigenvalue weighted by atomic mass is 127. The molecular weight excluding hydrogens is 472 g/mol. The molecule has 3 nitrogen and oxygen atoms in total. The summed E-state index contributed by atoms with van der Waals surface area (Å²) < 4.78 is 3.34. The first kappa shape index (κ1) is 14.6. The number of hydrogen-bond donors (Lipinski definition) is 0. The Morgan fingerprint density at radius 1 is 1.61 bits per heavy atom. The lowest BCUT2D eigenvalue weighted by atomic mass is 10.2. The van der Waals surface area contributed by atoms with Crippen molar-refractivity contribution in [1.29, 1.82) is 0 Å². The first-order valence-electron chi connectivity index (χ1n) is 5.39. The molecule has 2 rings (SSSR count). The van der Waals surface area contributed by atoms with E-state index in [2.05, 4.69) is 83.5 Å². The Kier molecular flexibility index (Phi) is 5.34. The quantitative estimate of drug-likeness (QED) is 0.471. The summed E-state index contributed by atoms with van der Waals surface area (Å²) in [5.41, 5.74) is 2.27. The van der Waals surface area contributed by atoms with Crippen LogP contribution in [0.2, 0.25) is 0 Å². The lowest BCUT2D eigenvalue weighted by Crippen LogP contribution is -2.17. The number of fused-ring (bicyclic) bond motifs is 1. The molecule has 0 amide bonds. The van der Waals surface area contributed by atoms with Crippen molar-refractivity contribution in [3.05, 3.63) is 40.2 Å². The maximum Gasteiger partial charge on any atom is 0.151 e. The molecule has 0 fully saturated rings. The number of hydrogen-bond acceptors (Lipinski definition) is 3. The zero-order valence-electron chi connectivity index (χ0n) is 9.94. The largest absolute Gasteiger partial charge is 0.298 e. The van der Waals surface area contributed by atoms with Gasteiger partial charge in [0.1, 0.15) is 0 Å². The monoisotopic (exact) mass is 485 g/mol. The van der Waals surface area contributed by atoms with Crippen LogP contribution in [-0.2, 0) is 6.54 Å². The van der Waals surface area contributed by atoms with Gasteiger partial charge in [0.25, 0.3) is 0 Å². The van der Waals surface area contributed by atoms with E-state index in [0.717, 1.165) is 18.7 Å². The molecule has 0 saturated carbocycles. The predicted octanol–water partition coefficient (Wildman–Crippen LogP) is 4.11. The van der Waals surface area contributed by atoms with E-state index in [-0.39, 0.29) is 0 Å². The van der Waals surface area contributed by atoms with Crippen LogP contribution < -0.4 is 0 Å². The lowest BCUT2D eigenvalue weighted by Gasteiger charge is -2.13. The minimum atomic E-state index is 0.889. The Labute approximate surface area is 137 Å². The fourth-order valence-corrected chi connectivity index (χ4v) is 3.94. The van der Waals surface area contributed by atoms with Gasteiger partial charge >= 0.3 is 0 Å². The standard InChI is InChI=1S/C12H13I2N3S/c1-3-4-16(2)7-9-5-10-11(13)8-17(18-14)12(10)15-6-9/h3,5-6,8H,1,4,7H2,2H3. The van der Waals surface area contributed by atoms with Gasteiger partial charge < -0.3 is 0 Å². The van der Waals surface area contributed by atoms with Crippen molar-refractivity contribution in [3.63, 3.8) is 0 Å². The zero-order chi connectivity index (χ0) is 13.1. The Balaban J connectivity index is 2.32. The molecule has 0 saturated heterocycles. The maximum absolute atomic E-state index is 4.57. The molecule has 0 N–H and O–H groups in total. The second-order valence-electron chi connectivity index (χ2n) is 4.07. The van der Waals surface area contributed by atoms with Gasteiger partial charge in [0, 0.05) is 64.8 Å². The number of rotatable bonds is 5. The molecule has 2 aromatic rings. The topological polar surface area (TPSA) is 21.1 Å². The maximum atomic E-state index is 4.57. The van der Waals surface area contributed by atoms with E-state index in [0.29, 0.717) is 0 Å². The molecule has 0 aliphatic rings. The first-order valence-corrected chi connectivity index (χ1v) is 9.79. The van der Waals surface area contributed by atoms with Crippen LogP contribution in [0.4, 0.5) is 0 Å². The Morgan fingerprint density at radius 3 is 3.06 bits per heavy atom. The van der Waals surface area contributed by atoms with Crippen molar-refractivity contribution in [1.82, 2.24) is 13.9 Å². The highest BCUT2D eigenvalue weighted by Gasteiger charge is 2.09. The summed E-state index contributed by atoms with van der Waals surface area (Å²) in [5, 5.41) is 1.23. The molecule has 18 heavy (non-hydrogen) atoms. The van der Waals surface area contributed by atoms with Crippen molar-refractivity contribution in [2.24, 2.45) is 0 Å². The molecule has 6 heteroatoms. The molecule has 0 aliphatic carbocycles. The number of pyridine rings is 1.